The Morgan fingerprint density at radius 1 is 0.829 bits per heavy atom. The van der Waals surface area contributed by atoms with E-state index in [2.05, 4.69) is 68.5 Å². The number of aromatic nitrogens is 1. The smallest absolute Gasteiger partial charge is 0.241 e. The highest BCUT2D eigenvalue weighted by Crippen LogP contribution is 2.28. The van der Waals surface area contributed by atoms with Crippen LogP contribution < -0.4 is 10.0 Å². The Bertz CT molecular complexity index is 1750. The van der Waals surface area contributed by atoms with Crippen molar-refractivity contribution in [2.75, 3.05) is 25.0 Å². The van der Waals surface area contributed by atoms with Gasteiger partial charge in [-0.25, -0.2) is 13.1 Å². The Labute approximate surface area is 242 Å². The Hall–Kier alpha value is -3.78. The van der Waals surface area contributed by atoms with Gasteiger partial charge in [0.1, 0.15) is 0 Å². The molecule has 1 aliphatic rings. The number of anilines is 1. The highest BCUT2D eigenvalue weighted by Gasteiger charge is 2.30. The van der Waals surface area contributed by atoms with Crippen LogP contribution in [0.3, 0.4) is 0 Å². The van der Waals surface area contributed by atoms with Crippen LogP contribution in [0.15, 0.2) is 108 Å². The summed E-state index contributed by atoms with van der Waals surface area (Å²) in [6.45, 7) is 4.95. The molecule has 5 aromatic rings. The van der Waals surface area contributed by atoms with E-state index in [9.17, 15) is 8.42 Å². The van der Waals surface area contributed by atoms with Gasteiger partial charge in [0.05, 0.1) is 10.4 Å². The fraction of sp³-hybridized carbons (Fsp3) is 0.265. The molecule has 4 aromatic carbocycles. The van der Waals surface area contributed by atoms with Crippen molar-refractivity contribution in [3.63, 3.8) is 0 Å². The average molecular weight is 565 g/mol. The molecule has 1 aliphatic heterocycles. The number of nitrogens with zero attached hydrogens (tertiary/aromatic N) is 2. The molecular weight excluding hydrogens is 528 g/mol. The number of likely N-dealkylation sites (tertiary alicyclic amines) is 1. The molecule has 41 heavy (non-hydrogen) atoms. The molecule has 6 nitrogen and oxygen atoms in total. The minimum absolute atomic E-state index is 0.111. The monoisotopic (exact) mass is 564 g/mol. The first-order valence-corrected chi connectivity index (χ1v) is 15.8. The lowest BCUT2D eigenvalue weighted by Gasteiger charge is -2.40. The summed E-state index contributed by atoms with van der Waals surface area (Å²) < 4.78 is 29.9. The molecule has 1 fully saturated rings. The second kappa shape index (κ2) is 12.0. The number of pyridine rings is 1. The van der Waals surface area contributed by atoms with Gasteiger partial charge in [-0.05, 0) is 54.8 Å². The molecule has 2 unspecified atom stereocenters. The highest BCUT2D eigenvalue weighted by atomic mass is 32.2. The van der Waals surface area contributed by atoms with Gasteiger partial charge < -0.3 is 5.32 Å². The molecule has 0 bridgehead atoms. The van der Waals surface area contributed by atoms with Gasteiger partial charge in [-0.3, -0.25) is 9.88 Å². The van der Waals surface area contributed by atoms with Gasteiger partial charge in [-0.15, -0.1) is 0 Å². The summed E-state index contributed by atoms with van der Waals surface area (Å²) >= 11 is 0. The zero-order chi connectivity index (χ0) is 28.2. The molecular formula is C34H36N4O2S. The number of hydrogen-bond donors (Lipinski definition) is 2. The third-order valence-electron chi connectivity index (χ3n) is 8.12. The number of benzene rings is 4. The largest absolute Gasteiger partial charge is 0.384 e. The Kier molecular flexibility index (Phi) is 8.01. The standard InChI is InChI=1S/C34H36N4O2S/c1-25-20-33(31-15-7-8-16-32(31)37-25)35-21-27-18-19-29(38(24-27)23-26-10-3-2-4-11-26)22-36-41(39,40)34-17-9-13-28-12-5-6-14-30(28)34/h2-17,20,27,29,36H,18-19,21-24H2,1H3,(H,35,37). The normalized spacial score (nSPS) is 18.1. The molecule has 1 saturated heterocycles. The predicted octanol–water partition coefficient (Wildman–Crippen LogP) is 6.37. The summed E-state index contributed by atoms with van der Waals surface area (Å²) in [5, 5.41) is 6.52. The third kappa shape index (κ3) is 6.27. The highest BCUT2D eigenvalue weighted by molar-refractivity contribution is 7.89. The number of hydrogen-bond acceptors (Lipinski definition) is 5. The maximum atomic E-state index is 13.5. The summed E-state index contributed by atoms with van der Waals surface area (Å²) in [4.78, 5) is 7.46. The minimum Gasteiger partial charge on any atom is -0.384 e. The third-order valence-corrected chi connectivity index (χ3v) is 9.60. The number of para-hydroxylation sites is 1. The first-order chi connectivity index (χ1) is 20.0. The molecule has 0 saturated carbocycles. The number of nitrogens with one attached hydrogen (secondary N) is 2. The SMILES string of the molecule is Cc1cc(NCC2CCC(CNS(=O)(=O)c3cccc4ccccc34)N(Cc3ccccc3)C2)c2ccccc2n1. The van der Waals surface area contributed by atoms with E-state index >= 15 is 0 Å². The molecule has 2 heterocycles. The molecule has 1 aromatic heterocycles. The van der Waals surface area contributed by atoms with Crippen LogP contribution in [0, 0.1) is 12.8 Å². The van der Waals surface area contributed by atoms with E-state index in [1.807, 2.05) is 55.5 Å². The lowest BCUT2D eigenvalue weighted by Crippen LogP contribution is -2.49. The molecule has 2 N–H and O–H groups in total. The van der Waals surface area contributed by atoms with Crippen molar-refractivity contribution in [1.29, 1.82) is 0 Å². The van der Waals surface area contributed by atoms with Crippen molar-refractivity contribution in [2.24, 2.45) is 5.92 Å². The first kappa shape index (κ1) is 27.4. The van der Waals surface area contributed by atoms with Crippen LogP contribution >= 0.6 is 0 Å². The van der Waals surface area contributed by atoms with Crippen LogP contribution in [0.2, 0.25) is 0 Å². The number of sulfonamides is 1. The first-order valence-electron chi connectivity index (χ1n) is 14.3. The lowest BCUT2D eigenvalue weighted by molar-refractivity contribution is 0.106. The number of piperidine rings is 1. The van der Waals surface area contributed by atoms with Crippen molar-refractivity contribution in [3.05, 3.63) is 114 Å². The van der Waals surface area contributed by atoms with Gasteiger partial charge in [-0.1, -0.05) is 84.9 Å². The van der Waals surface area contributed by atoms with E-state index < -0.39 is 10.0 Å². The fourth-order valence-corrected chi connectivity index (χ4v) is 7.31. The second-order valence-electron chi connectivity index (χ2n) is 11.1. The van der Waals surface area contributed by atoms with Gasteiger partial charge >= 0.3 is 0 Å². The number of fused-ring (bicyclic) bond motifs is 2. The Morgan fingerprint density at radius 3 is 2.41 bits per heavy atom. The molecule has 210 valence electrons. The maximum Gasteiger partial charge on any atom is 0.241 e. The minimum atomic E-state index is -3.66. The molecule has 6 rings (SSSR count). The molecule has 0 radical (unpaired) electrons. The van der Waals surface area contributed by atoms with Gasteiger partial charge in [-0.2, -0.15) is 0 Å². The summed E-state index contributed by atoms with van der Waals surface area (Å²) in [5.41, 5.74) is 4.36. The van der Waals surface area contributed by atoms with Crippen LogP contribution in [0.25, 0.3) is 21.7 Å². The van der Waals surface area contributed by atoms with Crippen molar-refractivity contribution in [3.8, 4) is 0 Å². The van der Waals surface area contributed by atoms with E-state index in [1.54, 1.807) is 6.07 Å². The van der Waals surface area contributed by atoms with E-state index in [1.165, 1.54) is 5.56 Å². The van der Waals surface area contributed by atoms with Gasteiger partial charge in [0.15, 0.2) is 0 Å². The number of aryl methyl sites for hydroxylation is 1. The molecule has 0 amide bonds. The van der Waals surface area contributed by atoms with Crippen LogP contribution in [0.1, 0.15) is 24.1 Å². The Morgan fingerprint density at radius 2 is 1.56 bits per heavy atom. The average Bonchev–Trinajstić information content (AvgIpc) is 2.99. The molecule has 0 aliphatic carbocycles. The zero-order valence-corrected chi connectivity index (χ0v) is 24.1. The van der Waals surface area contributed by atoms with Crippen LogP contribution in [0.5, 0.6) is 0 Å². The summed E-state index contributed by atoms with van der Waals surface area (Å²) in [5.74, 6) is 0.442. The number of rotatable bonds is 9. The van der Waals surface area contributed by atoms with E-state index in [0.717, 1.165) is 65.5 Å². The topological polar surface area (TPSA) is 74.3 Å². The van der Waals surface area contributed by atoms with Crippen molar-refractivity contribution in [2.45, 2.75) is 37.2 Å². The quantitative estimate of drug-likeness (QED) is 0.218. The van der Waals surface area contributed by atoms with Gasteiger partial charge in [0.25, 0.3) is 0 Å². The molecule has 2 atom stereocenters. The Balaban J connectivity index is 1.17. The predicted molar refractivity (Wildman–Crippen MR) is 167 cm³/mol. The summed E-state index contributed by atoms with van der Waals surface area (Å²) in [6.07, 6.45) is 1.95. The van der Waals surface area contributed by atoms with Crippen LogP contribution in [0.4, 0.5) is 5.69 Å². The second-order valence-corrected chi connectivity index (χ2v) is 12.8. The molecule has 0 spiro atoms. The molecule has 7 heteroatoms. The summed E-state index contributed by atoms with van der Waals surface area (Å²) in [6, 6.07) is 34.0. The van der Waals surface area contributed by atoms with Gasteiger partial charge in [0, 0.05) is 54.4 Å². The van der Waals surface area contributed by atoms with Crippen molar-refractivity contribution in [1.82, 2.24) is 14.6 Å². The summed E-state index contributed by atoms with van der Waals surface area (Å²) in [7, 11) is -3.66. The zero-order valence-electron chi connectivity index (χ0n) is 23.3. The van der Waals surface area contributed by atoms with E-state index in [0.29, 0.717) is 17.4 Å². The lowest BCUT2D eigenvalue weighted by atomic mass is 9.92. The van der Waals surface area contributed by atoms with Crippen LogP contribution in [-0.4, -0.2) is 44.0 Å². The van der Waals surface area contributed by atoms with E-state index in [-0.39, 0.29) is 6.04 Å². The van der Waals surface area contributed by atoms with E-state index in [4.69, 9.17) is 0 Å². The fourth-order valence-electron chi connectivity index (χ4n) is 6.01. The van der Waals surface area contributed by atoms with Crippen molar-refractivity contribution >= 4 is 37.4 Å². The van der Waals surface area contributed by atoms with Gasteiger partial charge in [0.2, 0.25) is 10.0 Å². The van der Waals surface area contributed by atoms with Crippen molar-refractivity contribution < 1.29 is 8.42 Å². The maximum absolute atomic E-state index is 13.5. The van der Waals surface area contributed by atoms with Crippen LogP contribution in [-0.2, 0) is 16.6 Å².